The predicted molar refractivity (Wildman–Crippen MR) is 104 cm³/mol. The van der Waals surface area contributed by atoms with Crippen LogP contribution in [0.25, 0.3) is 10.9 Å². The van der Waals surface area contributed by atoms with Crippen molar-refractivity contribution >= 4 is 34.4 Å². The summed E-state index contributed by atoms with van der Waals surface area (Å²) in [4.78, 5) is 22.0. The third-order valence-electron chi connectivity index (χ3n) is 4.37. The first-order valence-corrected chi connectivity index (χ1v) is 9.16. The number of hydrogen-bond acceptors (Lipinski definition) is 7. The summed E-state index contributed by atoms with van der Waals surface area (Å²) in [5.41, 5.74) is 0.597. The smallest absolute Gasteiger partial charge is 0.410 e. The molecule has 4 rings (SSSR count). The van der Waals surface area contributed by atoms with E-state index in [1.54, 1.807) is 26.3 Å². The van der Waals surface area contributed by atoms with Gasteiger partial charge in [0.25, 0.3) is 0 Å². The number of halogens is 1. The van der Waals surface area contributed by atoms with Gasteiger partial charge in [-0.25, -0.2) is 14.8 Å². The maximum absolute atomic E-state index is 11.5. The molecular formula is C19H19ClN4O4. The number of rotatable bonds is 6. The lowest BCUT2D eigenvalue weighted by molar-refractivity contribution is 0.104. The first-order valence-electron chi connectivity index (χ1n) is 8.79. The van der Waals surface area contributed by atoms with E-state index in [0.29, 0.717) is 41.0 Å². The van der Waals surface area contributed by atoms with Crippen molar-refractivity contribution in [3.8, 4) is 5.75 Å². The Morgan fingerprint density at radius 3 is 2.93 bits per heavy atom. The number of fused-ring (bicyclic) bond motifs is 1. The highest BCUT2D eigenvalue weighted by molar-refractivity contribution is 6.33. The number of nitrogens with zero attached hydrogens (tertiary/aromatic N) is 3. The Balaban J connectivity index is 1.61. The van der Waals surface area contributed by atoms with Gasteiger partial charge < -0.3 is 24.1 Å². The van der Waals surface area contributed by atoms with Gasteiger partial charge in [0, 0.05) is 12.4 Å². The van der Waals surface area contributed by atoms with Crippen LogP contribution in [0.5, 0.6) is 5.75 Å². The lowest BCUT2D eigenvalue weighted by Crippen LogP contribution is -2.23. The monoisotopic (exact) mass is 402 g/mol. The first-order chi connectivity index (χ1) is 13.5. The van der Waals surface area contributed by atoms with E-state index in [1.807, 2.05) is 18.2 Å². The quantitative estimate of drug-likeness (QED) is 0.673. The molecule has 1 amide bonds. The molecule has 0 spiro atoms. The minimum Gasteiger partial charge on any atom is -0.486 e. The predicted octanol–water partition coefficient (Wildman–Crippen LogP) is 3.63. The van der Waals surface area contributed by atoms with Gasteiger partial charge >= 0.3 is 6.09 Å². The van der Waals surface area contributed by atoms with E-state index in [0.717, 1.165) is 11.1 Å². The molecule has 1 aliphatic rings. The van der Waals surface area contributed by atoms with Crippen molar-refractivity contribution in [2.75, 3.05) is 25.5 Å². The fourth-order valence-electron chi connectivity index (χ4n) is 3.03. The lowest BCUT2D eigenvalue weighted by atomic mass is 10.2. The number of furan rings is 1. The van der Waals surface area contributed by atoms with Gasteiger partial charge in [-0.3, -0.25) is 0 Å². The van der Waals surface area contributed by atoms with Crippen LogP contribution in [0.4, 0.5) is 10.6 Å². The molecule has 9 heteroatoms. The molecule has 0 saturated carbocycles. The summed E-state index contributed by atoms with van der Waals surface area (Å²) in [5.74, 6) is 2.47. The molecule has 28 heavy (non-hydrogen) atoms. The number of amides is 1. The highest BCUT2D eigenvalue weighted by Crippen LogP contribution is 2.35. The molecule has 2 aromatic heterocycles. The van der Waals surface area contributed by atoms with Gasteiger partial charge in [0.05, 0.1) is 24.4 Å². The van der Waals surface area contributed by atoms with Crippen molar-refractivity contribution < 1.29 is 18.7 Å². The number of likely N-dealkylation sites (N-methyl/N-ethyl adjacent to an activating group) is 1. The number of ether oxygens (including phenoxy) is 2. The summed E-state index contributed by atoms with van der Waals surface area (Å²) in [6.07, 6.45) is 0.905. The summed E-state index contributed by atoms with van der Waals surface area (Å²) in [7, 11) is 1.68. The molecule has 0 aliphatic carbocycles. The van der Waals surface area contributed by atoms with Gasteiger partial charge in [0.2, 0.25) is 0 Å². The van der Waals surface area contributed by atoms with E-state index in [4.69, 9.17) is 25.5 Å². The van der Waals surface area contributed by atoms with Gasteiger partial charge in [0.1, 0.15) is 29.5 Å². The van der Waals surface area contributed by atoms with Gasteiger partial charge in [-0.15, -0.1) is 0 Å². The van der Waals surface area contributed by atoms with Crippen LogP contribution in [-0.2, 0) is 11.3 Å². The van der Waals surface area contributed by atoms with Gasteiger partial charge in [0.15, 0.2) is 11.9 Å². The van der Waals surface area contributed by atoms with Crippen molar-refractivity contribution in [3.63, 3.8) is 0 Å². The second-order valence-electron chi connectivity index (χ2n) is 6.52. The number of aryl methyl sites for hydroxylation is 1. The Morgan fingerprint density at radius 1 is 1.36 bits per heavy atom. The fourth-order valence-corrected chi connectivity index (χ4v) is 3.23. The maximum atomic E-state index is 11.5. The number of cyclic esters (lactones) is 1. The van der Waals surface area contributed by atoms with Gasteiger partial charge in [-0.1, -0.05) is 11.6 Å². The van der Waals surface area contributed by atoms with Crippen LogP contribution in [0.3, 0.4) is 0 Å². The highest BCUT2D eigenvalue weighted by atomic mass is 35.5. The number of anilines is 1. The summed E-state index contributed by atoms with van der Waals surface area (Å²) in [5, 5.41) is 4.47. The highest BCUT2D eigenvalue weighted by Gasteiger charge is 2.29. The van der Waals surface area contributed by atoms with E-state index in [-0.39, 0.29) is 18.8 Å². The molecule has 0 bridgehead atoms. The second-order valence-corrected chi connectivity index (χ2v) is 6.93. The summed E-state index contributed by atoms with van der Waals surface area (Å²) in [6.45, 7) is 2.94. The summed E-state index contributed by atoms with van der Waals surface area (Å²) in [6, 6.07) is 7.30. The molecule has 1 fully saturated rings. The molecule has 1 aliphatic heterocycles. The molecule has 1 atom stereocenters. The van der Waals surface area contributed by atoms with E-state index in [1.165, 1.54) is 4.90 Å². The zero-order chi connectivity index (χ0) is 19.7. The molecule has 1 N–H and O–H groups in total. The van der Waals surface area contributed by atoms with Gasteiger partial charge in [-0.2, -0.15) is 0 Å². The van der Waals surface area contributed by atoms with Crippen LogP contribution < -0.4 is 10.1 Å². The summed E-state index contributed by atoms with van der Waals surface area (Å²) >= 11 is 6.37. The van der Waals surface area contributed by atoms with E-state index in [2.05, 4.69) is 15.3 Å². The number of carbonyl (C=O) groups excluding carboxylic acids is 1. The number of aromatic nitrogens is 2. The van der Waals surface area contributed by atoms with Crippen LogP contribution in [0.2, 0.25) is 5.02 Å². The molecular weight excluding hydrogens is 384 g/mol. The molecule has 0 radical (unpaired) electrons. The Hall–Kier alpha value is -3.00. The van der Waals surface area contributed by atoms with Crippen LogP contribution in [-0.4, -0.2) is 47.3 Å². The maximum Gasteiger partial charge on any atom is 0.410 e. The number of hydrogen-bond donors (Lipinski definition) is 1. The van der Waals surface area contributed by atoms with Crippen LogP contribution in [0, 0.1) is 6.92 Å². The molecule has 3 aromatic rings. The van der Waals surface area contributed by atoms with Gasteiger partial charge in [-0.05, 0) is 31.2 Å². The zero-order valence-corrected chi connectivity index (χ0v) is 16.2. The number of benzene rings is 1. The molecule has 8 nitrogen and oxygen atoms in total. The number of nitrogens with one attached hydrogen (secondary N) is 1. The van der Waals surface area contributed by atoms with E-state index < -0.39 is 0 Å². The first kappa shape index (κ1) is 18.4. The standard InChI is InChI=1S/C19H19ClN4O4/c1-11-22-16-14(18(23-11)21-8-12-4-3-7-26-12)5-6-15(20)17(16)27-10-13-9-24(2)19(25)28-13/h3-7,13H,8-10H2,1-2H3,(H,21,22,23). The Labute approximate surface area is 166 Å². The van der Waals surface area contributed by atoms with Crippen LogP contribution >= 0.6 is 11.6 Å². The molecule has 146 valence electrons. The van der Waals surface area contributed by atoms with Crippen molar-refractivity contribution in [3.05, 3.63) is 47.1 Å². The summed E-state index contributed by atoms with van der Waals surface area (Å²) < 4.78 is 16.5. The van der Waals surface area contributed by atoms with Crippen LogP contribution in [0.15, 0.2) is 34.9 Å². The molecule has 3 heterocycles. The average molecular weight is 403 g/mol. The SMILES string of the molecule is Cc1nc(NCc2ccco2)c2ccc(Cl)c(OCC3CN(C)C(=O)O3)c2n1. The van der Waals surface area contributed by atoms with Crippen molar-refractivity contribution in [2.45, 2.75) is 19.6 Å². The molecule has 1 saturated heterocycles. The topological polar surface area (TPSA) is 89.7 Å². The van der Waals surface area contributed by atoms with Crippen LogP contribution in [0.1, 0.15) is 11.6 Å². The third kappa shape index (κ3) is 3.68. The molecule has 1 aromatic carbocycles. The van der Waals surface area contributed by atoms with E-state index in [9.17, 15) is 4.79 Å². The largest absolute Gasteiger partial charge is 0.486 e. The van der Waals surface area contributed by atoms with Crippen molar-refractivity contribution in [2.24, 2.45) is 0 Å². The van der Waals surface area contributed by atoms with Crippen molar-refractivity contribution in [1.29, 1.82) is 0 Å². The minimum atomic E-state index is -0.361. The third-order valence-corrected chi connectivity index (χ3v) is 4.66. The van der Waals surface area contributed by atoms with E-state index >= 15 is 0 Å². The Morgan fingerprint density at radius 2 is 2.21 bits per heavy atom. The normalized spacial score (nSPS) is 16.5. The fraction of sp³-hybridized carbons (Fsp3) is 0.316. The minimum absolute atomic E-state index is 0.188. The molecule has 1 unspecified atom stereocenters. The lowest BCUT2D eigenvalue weighted by Gasteiger charge is -2.15. The van der Waals surface area contributed by atoms with Crippen molar-refractivity contribution in [1.82, 2.24) is 14.9 Å². The zero-order valence-electron chi connectivity index (χ0n) is 15.4. The number of carbonyl (C=O) groups is 1. The second kappa shape index (κ2) is 7.55. The Kier molecular flexibility index (Phi) is 4.95. The average Bonchev–Trinajstić information content (AvgIpc) is 3.28. The Bertz CT molecular complexity index is 1010.